The molecule has 1 heterocycles. The van der Waals surface area contributed by atoms with Crippen LogP contribution in [0.3, 0.4) is 0 Å². The van der Waals surface area contributed by atoms with Crippen LogP contribution in [-0.2, 0) is 17.2 Å². The molecule has 21 heavy (non-hydrogen) atoms. The molecule has 0 amide bonds. The van der Waals surface area contributed by atoms with E-state index in [9.17, 15) is 0 Å². The highest BCUT2D eigenvalue weighted by molar-refractivity contribution is 6.17. The van der Waals surface area contributed by atoms with Crippen molar-refractivity contribution in [3.8, 4) is 11.6 Å². The molecule has 0 N–H and O–H groups in total. The van der Waals surface area contributed by atoms with Gasteiger partial charge in [0.2, 0.25) is 5.88 Å². The van der Waals surface area contributed by atoms with E-state index in [0.717, 1.165) is 22.6 Å². The fraction of sp³-hybridized carbons (Fsp3) is 0.353. The predicted octanol–water partition coefficient (Wildman–Crippen LogP) is 4.88. The molecule has 0 bridgehead atoms. The zero-order valence-corrected chi connectivity index (χ0v) is 13.4. The van der Waals surface area contributed by atoms with E-state index in [1.165, 1.54) is 0 Å². The molecule has 0 saturated heterocycles. The minimum atomic E-state index is 0.329. The van der Waals surface area contributed by atoms with Crippen molar-refractivity contribution < 1.29 is 9.47 Å². The lowest BCUT2D eigenvalue weighted by Crippen LogP contribution is -1.98. The van der Waals surface area contributed by atoms with Gasteiger partial charge in [-0.15, -0.1) is 11.6 Å². The summed E-state index contributed by atoms with van der Waals surface area (Å²) in [5.41, 5.74) is 3.06. The molecule has 112 valence electrons. The first kappa shape index (κ1) is 15.8. The SMILES string of the molecule is COCc1cccc(Oc2cc(CCl)cc(C(C)C)n2)c1. The first-order chi connectivity index (χ1) is 10.1. The van der Waals surface area contributed by atoms with E-state index in [1.54, 1.807) is 7.11 Å². The van der Waals surface area contributed by atoms with Crippen molar-refractivity contribution in [2.24, 2.45) is 0 Å². The first-order valence-electron chi connectivity index (χ1n) is 6.95. The molecular formula is C17H20ClNO2. The molecule has 2 rings (SSSR count). The van der Waals surface area contributed by atoms with Gasteiger partial charge < -0.3 is 9.47 Å². The van der Waals surface area contributed by atoms with Gasteiger partial charge in [-0.25, -0.2) is 4.98 Å². The molecule has 2 aromatic rings. The molecule has 4 heteroatoms. The number of aromatic nitrogens is 1. The van der Waals surface area contributed by atoms with Gasteiger partial charge in [0.05, 0.1) is 6.61 Å². The number of benzene rings is 1. The summed E-state index contributed by atoms with van der Waals surface area (Å²) in [5, 5.41) is 0. The van der Waals surface area contributed by atoms with Gasteiger partial charge in [0.1, 0.15) is 5.75 Å². The second kappa shape index (κ2) is 7.43. The lowest BCUT2D eigenvalue weighted by Gasteiger charge is -2.11. The minimum absolute atomic E-state index is 0.329. The Morgan fingerprint density at radius 2 is 1.95 bits per heavy atom. The van der Waals surface area contributed by atoms with Crippen LogP contribution in [0.5, 0.6) is 11.6 Å². The van der Waals surface area contributed by atoms with E-state index in [1.807, 2.05) is 36.4 Å². The number of rotatable bonds is 6. The van der Waals surface area contributed by atoms with Gasteiger partial charge in [-0.05, 0) is 35.2 Å². The van der Waals surface area contributed by atoms with Gasteiger partial charge in [0, 0.05) is 24.8 Å². The number of halogens is 1. The molecule has 0 saturated carbocycles. The van der Waals surface area contributed by atoms with Crippen molar-refractivity contribution in [1.82, 2.24) is 4.98 Å². The van der Waals surface area contributed by atoms with Gasteiger partial charge >= 0.3 is 0 Å². The Balaban J connectivity index is 2.26. The van der Waals surface area contributed by atoms with Gasteiger partial charge in [-0.1, -0.05) is 26.0 Å². The van der Waals surface area contributed by atoms with Crippen LogP contribution in [0.25, 0.3) is 0 Å². The van der Waals surface area contributed by atoms with Gasteiger partial charge in [-0.2, -0.15) is 0 Å². The van der Waals surface area contributed by atoms with Crippen molar-refractivity contribution in [3.63, 3.8) is 0 Å². The monoisotopic (exact) mass is 305 g/mol. The fourth-order valence-electron chi connectivity index (χ4n) is 1.99. The Hall–Kier alpha value is -1.58. The molecule has 0 spiro atoms. The molecule has 0 aliphatic carbocycles. The number of alkyl halides is 1. The quantitative estimate of drug-likeness (QED) is 0.713. The lowest BCUT2D eigenvalue weighted by molar-refractivity contribution is 0.184. The summed E-state index contributed by atoms with van der Waals surface area (Å²) < 4.78 is 11.0. The number of methoxy groups -OCH3 is 1. The predicted molar refractivity (Wildman–Crippen MR) is 85.1 cm³/mol. The van der Waals surface area contributed by atoms with Crippen molar-refractivity contribution in [2.45, 2.75) is 32.3 Å². The second-order valence-electron chi connectivity index (χ2n) is 5.21. The topological polar surface area (TPSA) is 31.4 Å². The van der Waals surface area contributed by atoms with E-state index < -0.39 is 0 Å². The summed E-state index contributed by atoms with van der Waals surface area (Å²) >= 11 is 5.95. The highest BCUT2D eigenvalue weighted by Gasteiger charge is 2.08. The standard InChI is InChI=1S/C17H20ClNO2/c1-12(2)16-8-14(10-18)9-17(19-16)21-15-6-4-5-13(7-15)11-20-3/h4-9,12H,10-11H2,1-3H3. The summed E-state index contributed by atoms with van der Waals surface area (Å²) in [5.74, 6) is 2.10. The third-order valence-electron chi connectivity index (χ3n) is 3.06. The molecule has 0 atom stereocenters. The van der Waals surface area contributed by atoms with Gasteiger partial charge in [0.25, 0.3) is 0 Å². The third-order valence-corrected chi connectivity index (χ3v) is 3.37. The number of hydrogen-bond acceptors (Lipinski definition) is 3. The summed E-state index contributed by atoms with van der Waals surface area (Å²) in [6, 6.07) is 11.7. The van der Waals surface area contributed by atoms with Crippen LogP contribution in [0.1, 0.15) is 36.6 Å². The number of hydrogen-bond donors (Lipinski definition) is 0. The van der Waals surface area contributed by atoms with Crippen LogP contribution >= 0.6 is 11.6 Å². The van der Waals surface area contributed by atoms with Crippen molar-refractivity contribution in [3.05, 3.63) is 53.2 Å². The van der Waals surface area contributed by atoms with E-state index >= 15 is 0 Å². The summed E-state index contributed by atoms with van der Waals surface area (Å²) in [4.78, 5) is 4.54. The maximum absolute atomic E-state index is 5.95. The highest BCUT2D eigenvalue weighted by Crippen LogP contribution is 2.25. The molecule has 1 aromatic heterocycles. The van der Waals surface area contributed by atoms with Crippen molar-refractivity contribution in [2.75, 3.05) is 7.11 Å². The van der Waals surface area contributed by atoms with Crippen LogP contribution in [0, 0.1) is 0 Å². The summed E-state index contributed by atoms with van der Waals surface area (Å²) in [6.07, 6.45) is 0. The van der Waals surface area contributed by atoms with Crippen molar-refractivity contribution >= 4 is 11.6 Å². The van der Waals surface area contributed by atoms with Crippen LogP contribution in [0.15, 0.2) is 36.4 Å². The Bertz CT molecular complexity index is 599. The number of pyridine rings is 1. The lowest BCUT2D eigenvalue weighted by atomic mass is 10.1. The van der Waals surface area contributed by atoms with Crippen LogP contribution in [-0.4, -0.2) is 12.1 Å². The van der Waals surface area contributed by atoms with Gasteiger partial charge in [-0.3, -0.25) is 0 Å². The highest BCUT2D eigenvalue weighted by atomic mass is 35.5. The molecule has 0 aliphatic heterocycles. The largest absolute Gasteiger partial charge is 0.439 e. The molecule has 0 fully saturated rings. The Morgan fingerprint density at radius 1 is 1.14 bits per heavy atom. The fourth-order valence-corrected chi connectivity index (χ4v) is 2.15. The zero-order valence-electron chi connectivity index (χ0n) is 12.6. The summed E-state index contributed by atoms with van der Waals surface area (Å²) in [7, 11) is 1.67. The van der Waals surface area contributed by atoms with Crippen LogP contribution < -0.4 is 4.74 Å². The number of ether oxygens (including phenoxy) is 2. The number of nitrogens with zero attached hydrogens (tertiary/aromatic N) is 1. The Kier molecular flexibility index (Phi) is 5.59. The normalized spacial score (nSPS) is 10.9. The van der Waals surface area contributed by atoms with E-state index in [-0.39, 0.29) is 0 Å². The average molecular weight is 306 g/mol. The second-order valence-corrected chi connectivity index (χ2v) is 5.48. The van der Waals surface area contributed by atoms with Crippen molar-refractivity contribution in [1.29, 1.82) is 0 Å². The average Bonchev–Trinajstić information content (AvgIpc) is 2.47. The van der Waals surface area contributed by atoms with Gasteiger partial charge in [0.15, 0.2) is 0 Å². The van der Waals surface area contributed by atoms with E-state index in [2.05, 4.69) is 18.8 Å². The molecule has 1 aromatic carbocycles. The first-order valence-corrected chi connectivity index (χ1v) is 7.48. The Morgan fingerprint density at radius 3 is 2.62 bits per heavy atom. The Labute approximate surface area is 130 Å². The molecular weight excluding hydrogens is 286 g/mol. The van der Waals surface area contributed by atoms with Crippen LogP contribution in [0.2, 0.25) is 0 Å². The molecule has 0 radical (unpaired) electrons. The molecule has 3 nitrogen and oxygen atoms in total. The molecule has 0 aliphatic rings. The maximum atomic E-state index is 5.95. The smallest absolute Gasteiger partial charge is 0.219 e. The van der Waals surface area contributed by atoms with Crippen LogP contribution in [0.4, 0.5) is 0 Å². The minimum Gasteiger partial charge on any atom is -0.439 e. The van der Waals surface area contributed by atoms with E-state index in [0.29, 0.717) is 24.3 Å². The third kappa shape index (κ3) is 4.45. The summed E-state index contributed by atoms with van der Waals surface area (Å²) in [6.45, 7) is 4.76. The van der Waals surface area contributed by atoms with E-state index in [4.69, 9.17) is 21.1 Å². The zero-order chi connectivity index (χ0) is 15.2. The maximum Gasteiger partial charge on any atom is 0.219 e. The molecule has 0 unspecified atom stereocenters.